The van der Waals surface area contributed by atoms with Crippen LogP contribution in [0, 0.1) is 5.92 Å². The van der Waals surface area contributed by atoms with Crippen LogP contribution in [0.2, 0.25) is 0 Å². The number of hydrogen-bond acceptors (Lipinski definition) is 4. The van der Waals surface area contributed by atoms with Crippen molar-refractivity contribution in [3.05, 3.63) is 12.2 Å². The van der Waals surface area contributed by atoms with Crippen LogP contribution in [-0.2, 0) is 19.1 Å². The van der Waals surface area contributed by atoms with Gasteiger partial charge in [-0.3, -0.25) is 4.79 Å². The second-order valence-electron chi connectivity index (χ2n) is 5.75. The molecule has 0 aromatic carbocycles. The quantitative estimate of drug-likeness (QED) is 0.349. The van der Waals surface area contributed by atoms with E-state index < -0.39 is 0 Å². The Bertz CT molecular complexity index is 324. The van der Waals surface area contributed by atoms with E-state index in [0.29, 0.717) is 25.6 Å². The topological polar surface area (TPSA) is 52.6 Å². The fourth-order valence-electron chi connectivity index (χ4n) is 2.24. The number of ether oxygens (including phenoxy) is 2. The van der Waals surface area contributed by atoms with Crippen LogP contribution < -0.4 is 0 Å². The third kappa shape index (κ3) is 18.7. The van der Waals surface area contributed by atoms with Crippen LogP contribution in [-0.4, -0.2) is 25.2 Å². The van der Waals surface area contributed by atoms with E-state index in [0.717, 1.165) is 25.7 Å². The van der Waals surface area contributed by atoms with Crippen molar-refractivity contribution < 1.29 is 19.1 Å². The first-order valence-electron chi connectivity index (χ1n) is 9.54. The van der Waals surface area contributed by atoms with E-state index in [1.807, 2.05) is 13.0 Å². The first-order valence-corrected chi connectivity index (χ1v) is 9.54. The van der Waals surface area contributed by atoms with E-state index in [-0.39, 0.29) is 11.9 Å². The lowest BCUT2D eigenvalue weighted by Gasteiger charge is -2.14. The minimum atomic E-state index is -0.240. The molecule has 0 fully saturated rings. The highest BCUT2D eigenvalue weighted by atomic mass is 16.5. The molecule has 0 aromatic rings. The molecule has 0 aromatic heterocycles. The number of unbranched alkanes of at least 4 members (excludes halogenated alkanes) is 2. The van der Waals surface area contributed by atoms with Gasteiger partial charge in [-0.1, -0.05) is 59.0 Å². The van der Waals surface area contributed by atoms with Crippen molar-refractivity contribution in [1.29, 1.82) is 0 Å². The summed E-state index contributed by atoms with van der Waals surface area (Å²) < 4.78 is 9.62. The van der Waals surface area contributed by atoms with Crippen LogP contribution >= 0.6 is 0 Å². The van der Waals surface area contributed by atoms with Gasteiger partial charge in [0.1, 0.15) is 0 Å². The molecule has 24 heavy (non-hydrogen) atoms. The van der Waals surface area contributed by atoms with Crippen molar-refractivity contribution in [3.63, 3.8) is 0 Å². The summed E-state index contributed by atoms with van der Waals surface area (Å²) in [6.07, 6.45) is 11.9. The number of esters is 2. The third-order valence-electron chi connectivity index (χ3n) is 3.42. The fraction of sp³-hybridized carbons (Fsp3) is 0.800. The van der Waals surface area contributed by atoms with Gasteiger partial charge in [0.2, 0.25) is 0 Å². The van der Waals surface area contributed by atoms with E-state index in [1.165, 1.54) is 25.3 Å². The van der Waals surface area contributed by atoms with Gasteiger partial charge in [0.25, 0.3) is 0 Å². The zero-order valence-corrected chi connectivity index (χ0v) is 16.4. The number of allylic oxidation sites excluding steroid dienone is 1. The molecule has 0 bridgehead atoms. The maximum absolute atomic E-state index is 11.3. The van der Waals surface area contributed by atoms with E-state index in [4.69, 9.17) is 4.74 Å². The zero-order chi connectivity index (χ0) is 18.6. The summed E-state index contributed by atoms with van der Waals surface area (Å²) in [5, 5.41) is 0. The predicted octanol–water partition coefficient (Wildman–Crippen LogP) is 5.45. The Hall–Kier alpha value is -1.32. The maximum Gasteiger partial charge on any atom is 0.330 e. The molecule has 0 radical (unpaired) electrons. The van der Waals surface area contributed by atoms with Gasteiger partial charge < -0.3 is 9.47 Å². The highest BCUT2D eigenvalue weighted by Gasteiger charge is 2.13. The molecular formula is C20H38O4. The van der Waals surface area contributed by atoms with Crippen LogP contribution in [0.4, 0.5) is 0 Å². The Kier molecular flexibility index (Phi) is 20.5. The molecular weight excluding hydrogens is 304 g/mol. The molecule has 0 saturated carbocycles. The molecule has 0 spiro atoms. The van der Waals surface area contributed by atoms with E-state index in [2.05, 4.69) is 25.5 Å². The van der Waals surface area contributed by atoms with E-state index in [1.54, 1.807) is 6.92 Å². The molecule has 0 heterocycles. The first kappa shape index (κ1) is 24.9. The van der Waals surface area contributed by atoms with E-state index in [9.17, 15) is 9.59 Å². The molecule has 0 rings (SSSR count). The lowest BCUT2D eigenvalue weighted by Crippen LogP contribution is -2.11. The van der Waals surface area contributed by atoms with Gasteiger partial charge in [-0.25, -0.2) is 4.79 Å². The summed E-state index contributed by atoms with van der Waals surface area (Å²) in [5.74, 6) is 0.275. The van der Waals surface area contributed by atoms with Gasteiger partial charge in [-0.2, -0.15) is 0 Å². The van der Waals surface area contributed by atoms with Gasteiger partial charge in [0.15, 0.2) is 0 Å². The van der Waals surface area contributed by atoms with Crippen LogP contribution in [0.15, 0.2) is 12.2 Å². The van der Waals surface area contributed by atoms with Crippen molar-refractivity contribution in [2.75, 3.05) is 13.2 Å². The maximum atomic E-state index is 11.3. The standard InChI is InChI=1S/C12H24O2.C8H14O2/c1-4-7-9-11(8-5-2)10-12(13)14-6-3;1-3-5-6-7-8(9)10-4-2/h11H,4-10H2,1-3H3;6-7H,3-5H2,1-2H3/b;7-6+. The number of carbonyl (C=O) groups excluding carboxylic acids is 2. The Morgan fingerprint density at radius 1 is 0.875 bits per heavy atom. The smallest absolute Gasteiger partial charge is 0.330 e. The Labute approximate surface area is 149 Å². The van der Waals surface area contributed by atoms with Crippen LogP contribution in [0.3, 0.4) is 0 Å². The minimum absolute atomic E-state index is 0.0259. The van der Waals surface area contributed by atoms with Crippen molar-refractivity contribution in [1.82, 2.24) is 0 Å². The van der Waals surface area contributed by atoms with Crippen LogP contribution in [0.1, 0.15) is 86.0 Å². The molecule has 0 saturated heterocycles. The normalized spacial score (nSPS) is 11.5. The van der Waals surface area contributed by atoms with Gasteiger partial charge >= 0.3 is 11.9 Å². The molecule has 4 heteroatoms. The molecule has 142 valence electrons. The van der Waals surface area contributed by atoms with Gasteiger partial charge in [0, 0.05) is 12.5 Å². The van der Waals surface area contributed by atoms with E-state index >= 15 is 0 Å². The van der Waals surface area contributed by atoms with Crippen LogP contribution in [0.25, 0.3) is 0 Å². The average Bonchev–Trinajstić information content (AvgIpc) is 2.54. The molecule has 0 aliphatic rings. The summed E-state index contributed by atoms with van der Waals surface area (Å²) in [4.78, 5) is 21.9. The van der Waals surface area contributed by atoms with Crippen molar-refractivity contribution in [2.24, 2.45) is 5.92 Å². The third-order valence-corrected chi connectivity index (χ3v) is 3.42. The summed E-state index contributed by atoms with van der Waals surface area (Å²) in [5.41, 5.74) is 0. The monoisotopic (exact) mass is 342 g/mol. The molecule has 0 aliphatic heterocycles. The minimum Gasteiger partial charge on any atom is -0.466 e. The number of carbonyl (C=O) groups is 2. The first-order chi connectivity index (χ1) is 11.5. The summed E-state index contributed by atoms with van der Waals surface area (Å²) in [7, 11) is 0. The molecule has 0 N–H and O–H groups in total. The second-order valence-corrected chi connectivity index (χ2v) is 5.75. The van der Waals surface area contributed by atoms with Crippen LogP contribution in [0.5, 0.6) is 0 Å². The Morgan fingerprint density at radius 3 is 2.04 bits per heavy atom. The summed E-state index contributed by atoms with van der Waals surface area (Å²) >= 11 is 0. The molecule has 1 atom stereocenters. The lowest BCUT2D eigenvalue weighted by molar-refractivity contribution is -0.144. The zero-order valence-electron chi connectivity index (χ0n) is 16.4. The predicted molar refractivity (Wildman–Crippen MR) is 99.9 cm³/mol. The van der Waals surface area contributed by atoms with Gasteiger partial charge in [-0.05, 0) is 32.6 Å². The molecule has 0 amide bonds. The highest BCUT2D eigenvalue weighted by Crippen LogP contribution is 2.19. The van der Waals surface area contributed by atoms with Crippen molar-refractivity contribution in [2.45, 2.75) is 86.0 Å². The molecule has 0 aliphatic carbocycles. The fourth-order valence-corrected chi connectivity index (χ4v) is 2.24. The van der Waals surface area contributed by atoms with Gasteiger partial charge in [0.05, 0.1) is 13.2 Å². The number of rotatable bonds is 12. The van der Waals surface area contributed by atoms with Crippen molar-refractivity contribution >= 4 is 11.9 Å². The highest BCUT2D eigenvalue weighted by molar-refractivity contribution is 5.81. The largest absolute Gasteiger partial charge is 0.466 e. The summed E-state index contributed by atoms with van der Waals surface area (Å²) in [6, 6.07) is 0. The summed E-state index contributed by atoms with van der Waals surface area (Å²) in [6.45, 7) is 11.0. The molecule has 4 nitrogen and oxygen atoms in total. The SMILES string of the molecule is CCC/C=C/C(=O)OCC.CCCCC(CCC)CC(=O)OCC. The lowest BCUT2D eigenvalue weighted by atomic mass is 9.94. The second kappa shape index (κ2) is 19.7. The molecule has 1 unspecified atom stereocenters. The van der Waals surface area contributed by atoms with Crippen molar-refractivity contribution in [3.8, 4) is 0 Å². The average molecular weight is 343 g/mol. The Balaban J connectivity index is 0. The van der Waals surface area contributed by atoms with Gasteiger partial charge in [-0.15, -0.1) is 0 Å². The Morgan fingerprint density at radius 2 is 1.54 bits per heavy atom. The number of hydrogen-bond donors (Lipinski definition) is 0.